The summed E-state index contributed by atoms with van der Waals surface area (Å²) in [5.74, 6) is 0.829. The molecule has 2 amide bonds. The fourth-order valence-electron chi connectivity index (χ4n) is 4.36. The summed E-state index contributed by atoms with van der Waals surface area (Å²) in [6, 6.07) is 13.4. The summed E-state index contributed by atoms with van der Waals surface area (Å²) in [5, 5.41) is 3.41. The molecular weight excluding hydrogens is 414 g/mol. The zero-order valence-electron chi connectivity index (χ0n) is 18.0. The Labute approximate surface area is 188 Å². The Kier molecular flexibility index (Phi) is 6.21. The molecule has 6 nitrogen and oxygen atoms in total. The standard InChI is InChI=1S/C24H28ClN3O3/c1-17-7-8-22-19(13-17)14-28(18(2)29)16-24(31-22)9-11-27(12-10-24)15-23(30)26-21-6-4-3-5-20(21)25/h3-8,13H,9-12,14-16H2,1-2H3,(H,26,30). The number of hydrogen-bond donors (Lipinski definition) is 1. The van der Waals surface area contributed by atoms with Gasteiger partial charge in [0, 0.05) is 45.0 Å². The first-order valence-corrected chi connectivity index (χ1v) is 11.0. The molecule has 0 unspecified atom stereocenters. The number of anilines is 1. The summed E-state index contributed by atoms with van der Waals surface area (Å²) in [6.07, 6.45) is 1.51. The molecule has 1 saturated heterocycles. The lowest BCUT2D eigenvalue weighted by molar-refractivity contribution is -0.132. The van der Waals surface area contributed by atoms with Gasteiger partial charge < -0.3 is 15.0 Å². The normalized spacial score (nSPS) is 18.1. The second-order valence-electron chi connectivity index (χ2n) is 8.58. The maximum atomic E-state index is 12.5. The number of likely N-dealkylation sites (tertiary alicyclic amines) is 1. The number of benzene rings is 2. The van der Waals surface area contributed by atoms with Crippen LogP contribution < -0.4 is 10.1 Å². The molecule has 31 heavy (non-hydrogen) atoms. The summed E-state index contributed by atoms with van der Waals surface area (Å²) < 4.78 is 6.55. The van der Waals surface area contributed by atoms with Gasteiger partial charge in [0.1, 0.15) is 11.4 Å². The number of rotatable bonds is 3. The average molecular weight is 442 g/mol. The molecule has 0 aromatic heterocycles. The number of para-hydroxylation sites is 1. The number of nitrogens with one attached hydrogen (secondary N) is 1. The van der Waals surface area contributed by atoms with Crippen LogP contribution in [0.25, 0.3) is 0 Å². The molecule has 0 radical (unpaired) electrons. The summed E-state index contributed by atoms with van der Waals surface area (Å²) in [6.45, 7) is 6.54. The molecule has 0 aliphatic carbocycles. The first kappa shape index (κ1) is 21.7. The third-order valence-corrected chi connectivity index (χ3v) is 6.44. The highest BCUT2D eigenvalue weighted by Gasteiger charge is 2.41. The number of amides is 2. The molecule has 1 spiro atoms. The Morgan fingerprint density at radius 1 is 1.16 bits per heavy atom. The molecule has 2 aromatic rings. The van der Waals surface area contributed by atoms with Gasteiger partial charge in [-0.1, -0.05) is 41.4 Å². The summed E-state index contributed by atoms with van der Waals surface area (Å²) in [4.78, 5) is 28.8. The highest BCUT2D eigenvalue weighted by Crippen LogP contribution is 2.36. The van der Waals surface area contributed by atoms with E-state index in [0.717, 1.165) is 42.8 Å². The van der Waals surface area contributed by atoms with Crippen LogP contribution in [0.15, 0.2) is 42.5 Å². The number of aryl methyl sites for hydroxylation is 1. The molecule has 2 aliphatic heterocycles. The van der Waals surface area contributed by atoms with Gasteiger partial charge in [0.25, 0.3) is 0 Å². The molecule has 7 heteroatoms. The number of halogens is 1. The van der Waals surface area contributed by atoms with E-state index >= 15 is 0 Å². The van der Waals surface area contributed by atoms with Gasteiger partial charge in [0.2, 0.25) is 11.8 Å². The van der Waals surface area contributed by atoms with Crippen LogP contribution >= 0.6 is 11.6 Å². The largest absolute Gasteiger partial charge is 0.485 e. The predicted octanol–water partition coefficient (Wildman–Crippen LogP) is 3.86. The van der Waals surface area contributed by atoms with E-state index in [1.54, 1.807) is 19.1 Å². The van der Waals surface area contributed by atoms with Crippen molar-refractivity contribution in [2.24, 2.45) is 0 Å². The molecule has 1 fully saturated rings. The molecule has 2 aromatic carbocycles. The van der Waals surface area contributed by atoms with Gasteiger partial charge in [-0.15, -0.1) is 0 Å². The monoisotopic (exact) mass is 441 g/mol. The first-order valence-electron chi connectivity index (χ1n) is 10.6. The van der Waals surface area contributed by atoms with E-state index in [9.17, 15) is 9.59 Å². The van der Waals surface area contributed by atoms with Crippen molar-refractivity contribution in [3.63, 3.8) is 0 Å². The van der Waals surface area contributed by atoms with Gasteiger partial charge in [0.05, 0.1) is 23.8 Å². The third kappa shape index (κ3) is 5.02. The van der Waals surface area contributed by atoms with Crippen molar-refractivity contribution in [1.29, 1.82) is 0 Å². The van der Waals surface area contributed by atoms with Crippen LogP contribution in [-0.2, 0) is 16.1 Å². The van der Waals surface area contributed by atoms with Crippen LogP contribution in [0.2, 0.25) is 5.02 Å². The van der Waals surface area contributed by atoms with Crippen molar-refractivity contribution < 1.29 is 14.3 Å². The minimum Gasteiger partial charge on any atom is -0.485 e. The summed E-state index contributed by atoms with van der Waals surface area (Å²) in [5.41, 5.74) is 2.40. The van der Waals surface area contributed by atoms with Gasteiger partial charge in [-0.3, -0.25) is 14.5 Å². The lowest BCUT2D eigenvalue weighted by Gasteiger charge is -2.42. The fraction of sp³-hybridized carbons (Fsp3) is 0.417. The lowest BCUT2D eigenvalue weighted by atomic mass is 9.90. The highest BCUT2D eigenvalue weighted by molar-refractivity contribution is 6.33. The van der Waals surface area contributed by atoms with Crippen molar-refractivity contribution in [3.05, 3.63) is 58.6 Å². The molecule has 0 atom stereocenters. The SMILES string of the molecule is CC(=O)N1Cc2cc(C)ccc2OC2(CCN(CC(=O)Nc3ccccc3Cl)CC2)C1. The Morgan fingerprint density at radius 3 is 2.61 bits per heavy atom. The van der Waals surface area contributed by atoms with Crippen LogP contribution in [0.1, 0.15) is 30.9 Å². The van der Waals surface area contributed by atoms with Gasteiger partial charge >= 0.3 is 0 Å². The van der Waals surface area contributed by atoms with Crippen LogP contribution in [0, 0.1) is 6.92 Å². The number of nitrogens with zero attached hydrogens (tertiary/aromatic N) is 2. The van der Waals surface area contributed by atoms with Crippen molar-refractivity contribution in [3.8, 4) is 5.75 Å². The molecule has 1 N–H and O–H groups in total. The number of piperidine rings is 1. The Morgan fingerprint density at radius 2 is 1.90 bits per heavy atom. The van der Waals surface area contributed by atoms with E-state index in [-0.39, 0.29) is 11.8 Å². The molecule has 2 heterocycles. The lowest BCUT2D eigenvalue weighted by Crippen LogP contribution is -2.54. The molecule has 2 aliphatic rings. The predicted molar refractivity (Wildman–Crippen MR) is 121 cm³/mol. The number of carbonyl (C=O) groups excluding carboxylic acids is 2. The second-order valence-corrected chi connectivity index (χ2v) is 8.98. The molecular formula is C24H28ClN3O3. The number of carbonyl (C=O) groups is 2. The number of fused-ring (bicyclic) bond motifs is 1. The Hall–Kier alpha value is -2.57. The van der Waals surface area contributed by atoms with Crippen molar-refractivity contribution in [2.75, 3.05) is 31.5 Å². The van der Waals surface area contributed by atoms with Gasteiger partial charge in [0.15, 0.2) is 0 Å². The van der Waals surface area contributed by atoms with E-state index in [2.05, 4.69) is 16.3 Å². The maximum absolute atomic E-state index is 12.5. The first-order chi connectivity index (χ1) is 14.8. The fourth-order valence-corrected chi connectivity index (χ4v) is 4.55. The smallest absolute Gasteiger partial charge is 0.238 e. The molecule has 4 rings (SSSR count). The van der Waals surface area contributed by atoms with Crippen LogP contribution in [0.5, 0.6) is 5.75 Å². The zero-order valence-corrected chi connectivity index (χ0v) is 18.7. The summed E-state index contributed by atoms with van der Waals surface area (Å²) in [7, 11) is 0. The Bertz CT molecular complexity index is 986. The van der Waals surface area contributed by atoms with Crippen molar-refractivity contribution in [1.82, 2.24) is 9.80 Å². The van der Waals surface area contributed by atoms with E-state index < -0.39 is 5.60 Å². The van der Waals surface area contributed by atoms with Crippen LogP contribution in [-0.4, -0.2) is 53.4 Å². The van der Waals surface area contributed by atoms with E-state index in [0.29, 0.717) is 30.3 Å². The van der Waals surface area contributed by atoms with Crippen LogP contribution in [0.4, 0.5) is 5.69 Å². The topological polar surface area (TPSA) is 61.9 Å². The molecule has 0 bridgehead atoms. The second kappa shape index (κ2) is 8.89. The molecule has 0 saturated carbocycles. The van der Waals surface area contributed by atoms with Crippen molar-refractivity contribution >= 4 is 29.1 Å². The highest BCUT2D eigenvalue weighted by atomic mass is 35.5. The Balaban J connectivity index is 1.42. The minimum atomic E-state index is -0.429. The summed E-state index contributed by atoms with van der Waals surface area (Å²) >= 11 is 6.14. The third-order valence-electron chi connectivity index (χ3n) is 6.11. The van der Waals surface area contributed by atoms with Gasteiger partial charge in [-0.25, -0.2) is 0 Å². The quantitative estimate of drug-likeness (QED) is 0.785. The number of hydrogen-bond acceptors (Lipinski definition) is 4. The van der Waals surface area contributed by atoms with Gasteiger partial charge in [-0.2, -0.15) is 0 Å². The number of ether oxygens (including phenoxy) is 1. The van der Waals surface area contributed by atoms with Crippen LogP contribution in [0.3, 0.4) is 0 Å². The van der Waals surface area contributed by atoms with Crippen molar-refractivity contribution in [2.45, 2.75) is 38.8 Å². The van der Waals surface area contributed by atoms with Gasteiger partial charge in [-0.05, 0) is 25.1 Å². The minimum absolute atomic E-state index is 0.0545. The maximum Gasteiger partial charge on any atom is 0.238 e. The molecule has 164 valence electrons. The van der Waals surface area contributed by atoms with E-state index in [1.165, 1.54) is 0 Å². The zero-order chi connectivity index (χ0) is 22.0. The van der Waals surface area contributed by atoms with E-state index in [1.807, 2.05) is 36.1 Å². The van der Waals surface area contributed by atoms with E-state index in [4.69, 9.17) is 16.3 Å². The average Bonchev–Trinajstić information content (AvgIpc) is 2.88.